The van der Waals surface area contributed by atoms with Crippen LogP contribution >= 0.6 is 0 Å². The van der Waals surface area contributed by atoms with Gasteiger partial charge in [0.1, 0.15) is 13.1 Å². The first-order valence-corrected chi connectivity index (χ1v) is 9.68. The summed E-state index contributed by atoms with van der Waals surface area (Å²) in [4.78, 5) is 26.1. The fourth-order valence-electron chi connectivity index (χ4n) is 3.15. The summed E-state index contributed by atoms with van der Waals surface area (Å²) in [7, 11) is 0. The maximum Gasteiger partial charge on any atom is 0.287 e. The molecule has 144 valence electrons. The number of quaternary nitrogens is 2. The minimum atomic E-state index is -0.317. The van der Waals surface area contributed by atoms with Gasteiger partial charge in [0.2, 0.25) is 0 Å². The van der Waals surface area contributed by atoms with Crippen LogP contribution in [0.15, 0.2) is 54.6 Å². The molecule has 4 N–H and O–H groups in total. The van der Waals surface area contributed by atoms with Crippen molar-refractivity contribution >= 4 is 17.4 Å². The van der Waals surface area contributed by atoms with E-state index in [4.69, 9.17) is 0 Å². The van der Waals surface area contributed by atoms with E-state index >= 15 is 0 Å². The molecule has 5 heteroatoms. The number of likely N-dealkylation sites (N-methyl/N-ethyl adjacent to an activating group) is 1. The van der Waals surface area contributed by atoms with Gasteiger partial charge in [-0.15, -0.1) is 0 Å². The van der Waals surface area contributed by atoms with Crippen molar-refractivity contribution in [3.8, 4) is 0 Å². The Labute approximate surface area is 161 Å². The van der Waals surface area contributed by atoms with Crippen LogP contribution in [0.1, 0.15) is 42.7 Å². The molecule has 0 aromatic heterocycles. The van der Waals surface area contributed by atoms with Crippen molar-refractivity contribution in [1.82, 2.24) is 0 Å². The summed E-state index contributed by atoms with van der Waals surface area (Å²) in [5.41, 5.74) is 2.22. The second-order valence-electron chi connectivity index (χ2n) is 6.75. The molecule has 0 spiro atoms. The third-order valence-corrected chi connectivity index (χ3v) is 4.88. The number of amides is 1. The number of rotatable bonds is 10. The first-order valence-electron chi connectivity index (χ1n) is 9.68. The summed E-state index contributed by atoms with van der Waals surface area (Å²) >= 11 is 0. The second kappa shape index (κ2) is 10.6. The summed E-state index contributed by atoms with van der Waals surface area (Å²) in [5, 5.41) is 5.07. The van der Waals surface area contributed by atoms with Crippen LogP contribution < -0.4 is 15.5 Å². The molecule has 0 heterocycles. The molecule has 0 bridgehead atoms. The van der Waals surface area contributed by atoms with Crippen LogP contribution in [0, 0.1) is 0 Å². The van der Waals surface area contributed by atoms with E-state index in [0.29, 0.717) is 11.3 Å². The number of ketones is 1. The van der Waals surface area contributed by atoms with E-state index in [-0.39, 0.29) is 17.7 Å². The lowest BCUT2D eigenvalue weighted by Crippen LogP contribution is -3.14. The molecule has 5 nitrogen and oxygen atoms in total. The maximum atomic E-state index is 13.0. The predicted molar refractivity (Wildman–Crippen MR) is 108 cm³/mol. The molecule has 0 saturated carbocycles. The van der Waals surface area contributed by atoms with Crippen LogP contribution in [0.3, 0.4) is 0 Å². The van der Waals surface area contributed by atoms with Crippen molar-refractivity contribution in [3.05, 3.63) is 65.7 Å². The molecule has 0 radical (unpaired) electrons. The van der Waals surface area contributed by atoms with Crippen LogP contribution in [0.25, 0.3) is 0 Å². The Kier molecular flexibility index (Phi) is 8.17. The third-order valence-electron chi connectivity index (χ3n) is 4.88. The Morgan fingerprint density at radius 3 is 2.37 bits per heavy atom. The summed E-state index contributed by atoms with van der Waals surface area (Å²) in [6, 6.07) is 16.6. The molecule has 0 aliphatic carbocycles. The number of nitrogens with two attached hydrogens (primary N) is 1. The third kappa shape index (κ3) is 6.31. The molecule has 0 saturated heterocycles. The van der Waals surface area contributed by atoms with Crippen LogP contribution in [-0.2, 0) is 4.79 Å². The van der Waals surface area contributed by atoms with Gasteiger partial charge in [0, 0.05) is 16.8 Å². The summed E-state index contributed by atoms with van der Waals surface area (Å²) in [6.45, 7) is 9.96. The SMILES string of the molecule is CC[NH+](CC)CC[NH2+][C@@H](C(=O)Nc1cccc(C(C)=O)c1)c1ccccc1. The molecule has 2 rings (SSSR count). The van der Waals surface area contributed by atoms with E-state index < -0.39 is 0 Å². The molecular formula is C22H31N3O2+2. The summed E-state index contributed by atoms with van der Waals surface area (Å²) < 4.78 is 0. The lowest BCUT2D eigenvalue weighted by molar-refractivity contribution is -0.910. The van der Waals surface area contributed by atoms with E-state index in [0.717, 1.165) is 31.7 Å². The molecule has 0 aliphatic rings. The van der Waals surface area contributed by atoms with Gasteiger partial charge in [0.15, 0.2) is 11.8 Å². The number of carbonyl (C=O) groups excluding carboxylic acids is 2. The van der Waals surface area contributed by atoms with E-state index in [1.165, 1.54) is 11.8 Å². The summed E-state index contributed by atoms with van der Waals surface area (Å²) in [5.74, 6) is -0.0871. The van der Waals surface area contributed by atoms with E-state index in [1.54, 1.807) is 18.2 Å². The van der Waals surface area contributed by atoms with Gasteiger partial charge >= 0.3 is 0 Å². The fourth-order valence-corrected chi connectivity index (χ4v) is 3.15. The number of carbonyl (C=O) groups is 2. The van der Waals surface area contributed by atoms with Gasteiger partial charge in [-0.25, -0.2) is 0 Å². The van der Waals surface area contributed by atoms with Gasteiger partial charge in [0.25, 0.3) is 5.91 Å². The maximum absolute atomic E-state index is 13.0. The van der Waals surface area contributed by atoms with Crippen LogP contribution in [0.2, 0.25) is 0 Å². The van der Waals surface area contributed by atoms with Gasteiger partial charge in [0.05, 0.1) is 13.1 Å². The van der Waals surface area contributed by atoms with E-state index in [2.05, 4.69) is 24.5 Å². The van der Waals surface area contributed by atoms with Crippen LogP contribution in [-0.4, -0.2) is 37.9 Å². The molecule has 27 heavy (non-hydrogen) atoms. The molecule has 1 atom stereocenters. The molecule has 2 aromatic rings. The van der Waals surface area contributed by atoms with Crippen molar-refractivity contribution in [3.63, 3.8) is 0 Å². The lowest BCUT2D eigenvalue weighted by atomic mass is 10.1. The highest BCUT2D eigenvalue weighted by atomic mass is 16.2. The minimum Gasteiger partial charge on any atom is -0.331 e. The number of anilines is 1. The standard InChI is InChI=1S/C22H29N3O2/c1-4-25(5-2)15-14-23-21(18-10-7-6-8-11-18)22(27)24-20-13-9-12-19(16-20)17(3)26/h6-13,16,21,23H,4-5,14-15H2,1-3H3,(H,24,27)/p+2/t21-/m1/s1. The number of nitrogens with one attached hydrogen (secondary N) is 2. The highest BCUT2D eigenvalue weighted by Gasteiger charge is 2.24. The fraction of sp³-hybridized carbons (Fsp3) is 0.364. The van der Waals surface area contributed by atoms with Crippen molar-refractivity contribution in [1.29, 1.82) is 0 Å². The monoisotopic (exact) mass is 369 g/mol. The lowest BCUT2D eigenvalue weighted by Gasteiger charge is -2.19. The number of Topliss-reactive ketones (excluding diaryl/α,β-unsaturated/α-hetero) is 1. The van der Waals surface area contributed by atoms with Crippen molar-refractivity contribution in [2.45, 2.75) is 26.8 Å². The molecule has 0 unspecified atom stereocenters. The zero-order valence-corrected chi connectivity index (χ0v) is 16.5. The number of hydrogen-bond acceptors (Lipinski definition) is 2. The van der Waals surface area contributed by atoms with Crippen LogP contribution in [0.4, 0.5) is 5.69 Å². The predicted octanol–water partition coefficient (Wildman–Crippen LogP) is 1.06. The first kappa shape index (κ1) is 20.8. The average Bonchev–Trinajstić information content (AvgIpc) is 2.69. The van der Waals surface area contributed by atoms with Gasteiger partial charge in [-0.3, -0.25) is 9.59 Å². The highest BCUT2D eigenvalue weighted by Crippen LogP contribution is 2.15. The van der Waals surface area contributed by atoms with Crippen LogP contribution in [0.5, 0.6) is 0 Å². The average molecular weight is 370 g/mol. The topological polar surface area (TPSA) is 67.2 Å². The Morgan fingerprint density at radius 1 is 1.04 bits per heavy atom. The van der Waals surface area contributed by atoms with Gasteiger partial charge in [-0.2, -0.15) is 0 Å². The van der Waals surface area contributed by atoms with Gasteiger partial charge < -0.3 is 15.5 Å². The largest absolute Gasteiger partial charge is 0.331 e. The Morgan fingerprint density at radius 2 is 1.74 bits per heavy atom. The Hall–Kier alpha value is -2.50. The van der Waals surface area contributed by atoms with E-state index in [1.807, 2.05) is 36.4 Å². The molecule has 0 aliphatic heterocycles. The zero-order valence-electron chi connectivity index (χ0n) is 16.5. The normalized spacial score (nSPS) is 12.0. The number of benzene rings is 2. The smallest absolute Gasteiger partial charge is 0.287 e. The molecule has 0 fully saturated rings. The number of hydrogen-bond donors (Lipinski definition) is 3. The molecule has 1 amide bonds. The quantitative estimate of drug-likeness (QED) is 0.548. The highest BCUT2D eigenvalue weighted by molar-refractivity contribution is 5.98. The summed E-state index contributed by atoms with van der Waals surface area (Å²) in [6.07, 6.45) is 0. The van der Waals surface area contributed by atoms with E-state index in [9.17, 15) is 9.59 Å². The Balaban J connectivity index is 2.11. The van der Waals surface area contributed by atoms with Gasteiger partial charge in [-0.1, -0.05) is 42.5 Å². The zero-order chi connectivity index (χ0) is 19.6. The second-order valence-corrected chi connectivity index (χ2v) is 6.75. The minimum absolute atomic E-state index is 0.0144. The molecule has 2 aromatic carbocycles. The van der Waals surface area contributed by atoms with Crippen molar-refractivity contribution in [2.24, 2.45) is 0 Å². The molecular weight excluding hydrogens is 338 g/mol. The van der Waals surface area contributed by atoms with Crippen molar-refractivity contribution < 1.29 is 19.8 Å². The Bertz CT molecular complexity index is 742. The van der Waals surface area contributed by atoms with Crippen molar-refractivity contribution in [2.75, 3.05) is 31.5 Å². The van der Waals surface area contributed by atoms with Gasteiger partial charge in [-0.05, 0) is 32.9 Å². The first-order chi connectivity index (χ1) is 13.0.